The van der Waals surface area contributed by atoms with Gasteiger partial charge in [-0.3, -0.25) is 0 Å². The predicted molar refractivity (Wildman–Crippen MR) is 175 cm³/mol. The van der Waals surface area contributed by atoms with E-state index in [1.54, 1.807) is 0 Å². The Morgan fingerprint density at radius 3 is 1.67 bits per heavy atom. The van der Waals surface area contributed by atoms with Crippen molar-refractivity contribution >= 4 is 54.6 Å². The second kappa shape index (κ2) is 8.95. The van der Waals surface area contributed by atoms with Gasteiger partial charge in [-0.25, -0.2) is 0 Å². The average molecular weight is 537 g/mol. The van der Waals surface area contributed by atoms with E-state index in [9.17, 15) is 0 Å². The molecule has 0 aliphatic heterocycles. The first-order valence-corrected chi connectivity index (χ1v) is 14.3. The minimum absolute atomic E-state index is 0.784. The van der Waals surface area contributed by atoms with Gasteiger partial charge in [-0.05, 0) is 74.5 Å². The molecule has 9 rings (SSSR count). The van der Waals surface area contributed by atoms with Crippen LogP contribution in [-0.4, -0.2) is 0 Å². The minimum Gasteiger partial charge on any atom is -0.452 e. The third-order valence-electron chi connectivity index (χ3n) is 8.47. The van der Waals surface area contributed by atoms with Crippen LogP contribution in [0.2, 0.25) is 0 Å². The van der Waals surface area contributed by atoms with Crippen molar-refractivity contribution in [2.45, 2.75) is 0 Å². The van der Waals surface area contributed by atoms with Gasteiger partial charge in [0, 0.05) is 21.5 Å². The van der Waals surface area contributed by atoms with Gasteiger partial charge in [0.15, 0.2) is 11.2 Å². The molecular formula is C40H24O2. The summed E-state index contributed by atoms with van der Waals surface area (Å²) in [6, 6.07) is 51.4. The lowest BCUT2D eigenvalue weighted by atomic mass is 9.92. The first-order valence-electron chi connectivity index (χ1n) is 14.3. The van der Waals surface area contributed by atoms with Crippen LogP contribution in [0, 0.1) is 0 Å². The summed E-state index contributed by atoms with van der Waals surface area (Å²) in [4.78, 5) is 0. The van der Waals surface area contributed by atoms with E-state index in [1.807, 2.05) is 6.07 Å². The van der Waals surface area contributed by atoms with Crippen molar-refractivity contribution in [1.82, 2.24) is 0 Å². The fraction of sp³-hybridized carbons (Fsp3) is 0. The number of furan rings is 2. The summed E-state index contributed by atoms with van der Waals surface area (Å²) in [5, 5.41) is 6.73. The normalized spacial score (nSPS) is 11.8. The van der Waals surface area contributed by atoms with E-state index in [0.717, 1.165) is 60.6 Å². The van der Waals surface area contributed by atoms with Crippen LogP contribution in [0.3, 0.4) is 0 Å². The summed E-state index contributed by atoms with van der Waals surface area (Å²) >= 11 is 0. The molecule has 0 bridgehead atoms. The summed E-state index contributed by atoms with van der Waals surface area (Å²) in [5.41, 5.74) is 10.3. The Morgan fingerprint density at radius 2 is 0.929 bits per heavy atom. The SMILES string of the molecule is c1ccc(-c2ccc3oc4c(cc(-c5cccc6ccccc56)c5c6cc(-c7ccccc7)ccc6oc45)c3c2)cc1. The van der Waals surface area contributed by atoms with Crippen LogP contribution >= 0.6 is 0 Å². The molecule has 0 spiro atoms. The van der Waals surface area contributed by atoms with Crippen LogP contribution in [0.4, 0.5) is 0 Å². The Labute approximate surface area is 242 Å². The Balaban J connectivity index is 1.42. The highest BCUT2D eigenvalue weighted by Crippen LogP contribution is 2.46. The molecule has 0 saturated heterocycles. The fourth-order valence-electron chi connectivity index (χ4n) is 6.46. The summed E-state index contributed by atoms with van der Waals surface area (Å²) < 4.78 is 13.3. The molecular weight excluding hydrogens is 512 g/mol. The zero-order valence-corrected chi connectivity index (χ0v) is 22.7. The van der Waals surface area contributed by atoms with Crippen LogP contribution in [0.15, 0.2) is 154 Å². The zero-order valence-electron chi connectivity index (χ0n) is 22.7. The molecule has 9 aromatic rings. The standard InChI is InChI=1S/C40H24O2/c1-3-10-25(11-4-1)28-18-20-36-32(22-28)34-24-33(31-17-9-15-27-14-7-8-16-30(27)31)38-35-23-29(26-12-5-2-6-13-26)19-21-37(35)42-40(38)39(34)41-36/h1-24H. The highest BCUT2D eigenvalue weighted by molar-refractivity contribution is 6.25. The lowest BCUT2D eigenvalue weighted by Gasteiger charge is -2.10. The van der Waals surface area contributed by atoms with Crippen molar-refractivity contribution in [2.75, 3.05) is 0 Å². The molecule has 2 nitrogen and oxygen atoms in total. The van der Waals surface area contributed by atoms with Crippen molar-refractivity contribution in [3.8, 4) is 33.4 Å². The predicted octanol–water partition coefficient (Wildman–Crippen LogP) is 11.6. The number of rotatable bonds is 3. The molecule has 196 valence electrons. The van der Waals surface area contributed by atoms with Crippen LogP contribution in [0.1, 0.15) is 0 Å². The van der Waals surface area contributed by atoms with E-state index in [0.29, 0.717) is 0 Å². The number of benzene rings is 7. The molecule has 2 heteroatoms. The smallest absolute Gasteiger partial charge is 0.179 e. The van der Waals surface area contributed by atoms with Crippen LogP contribution < -0.4 is 0 Å². The van der Waals surface area contributed by atoms with Crippen LogP contribution in [0.25, 0.3) is 88.0 Å². The quantitative estimate of drug-likeness (QED) is 0.224. The first-order chi connectivity index (χ1) is 20.8. The molecule has 42 heavy (non-hydrogen) atoms. The molecule has 0 amide bonds. The molecule has 0 unspecified atom stereocenters. The van der Waals surface area contributed by atoms with Crippen molar-refractivity contribution in [1.29, 1.82) is 0 Å². The molecule has 2 heterocycles. The largest absolute Gasteiger partial charge is 0.452 e. The highest BCUT2D eigenvalue weighted by atomic mass is 16.4. The second-order valence-electron chi connectivity index (χ2n) is 10.9. The van der Waals surface area contributed by atoms with Gasteiger partial charge in [-0.2, -0.15) is 0 Å². The van der Waals surface area contributed by atoms with Crippen molar-refractivity contribution in [3.63, 3.8) is 0 Å². The van der Waals surface area contributed by atoms with Crippen LogP contribution in [0.5, 0.6) is 0 Å². The van der Waals surface area contributed by atoms with Crippen LogP contribution in [-0.2, 0) is 0 Å². The molecule has 0 aliphatic rings. The lowest BCUT2D eigenvalue weighted by molar-refractivity contribution is 0.633. The number of hydrogen-bond acceptors (Lipinski definition) is 2. The van der Waals surface area contributed by atoms with Gasteiger partial charge in [0.05, 0.1) is 0 Å². The Bertz CT molecular complexity index is 2440. The Morgan fingerprint density at radius 1 is 0.333 bits per heavy atom. The maximum absolute atomic E-state index is 6.68. The van der Waals surface area contributed by atoms with E-state index < -0.39 is 0 Å². The van der Waals surface area contributed by atoms with Gasteiger partial charge in [-0.1, -0.05) is 115 Å². The van der Waals surface area contributed by atoms with Crippen molar-refractivity contribution in [3.05, 3.63) is 146 Å². The van der Waals surface area contributed by atoms with E-state index >= 15 is 0 Å². The Hall–Kier alpha value is -5.60. The molecule has 0 atom stereocenters. The van der Waals surface area contributed by atoms with Gasteiger partial charge >= 0.3 is 0 Å². The second-order valence-corrected chi connectivity index (χ2v) is 10.9. The van der Waals surface area contributed by atoms with Crippen molar-refractivity contribution < 1.29 is 8.83 Å². The molecule has 0 saturated carbocycles. The molecule has 2 aromatic heterocycles. The summed E-state index contributed by atoms with van der Waals surface area (Å²) in [5.74, 6) is 0. The number of fused-ring (bicyclic) bond motifs is 8. The van der Waals surface area contributed by atoms with E-state index in [4.69, 9.17) is 8.83 Å². The van der Waals surface area contributed by atoms with Gasteiger partial charge in [0.1, 0.15) is 11.2 Å². The molecule has 0 fully saturated rings. The summed E-state index contributed by atoms with van der Waals surface area (Å²) in [6.07, 6.45) is 0. The maximum Gasteiger partial charge on any atom is 0.179 e. The van der Waals surface area contributed by atoms with E-state index in [2.05, 4.69) is 140 Å². The third-order valence-corrected chi connectivity index (χ3v) is 8.47. The maximum atomic E-state index is 6.68. The monoisotopic (exact) mass is 536 g/mol. The topological polar surface area (TPSA) is 26.3 Å². The molecule has 0 N–H and O–H groups in total. The van der Waals surface area contributed by atoms with Gasteiger partial charge in [-0.15, -0.1) is 0 Å². The van der Waals surface area contributed by atoms with Gasteiger partial charge < -0.3 is 8.83 Å². The third kappa shape index (κ3) is 3.45. The molecule has 0 radical (unpaired) electrons. The fourth-order valence-corrected chi connectivity index (χ4v) is 6.46. The van der Waals surface area contributed by atoms with E-state index in [-0.39, 0.29) is 0 Å². The van der Waals surface area contributed by atoms with Gasteiger partial charge in [0.25, 0.3) is 0 Å². The lowest BCUT2D eigenvalue weighted by Crippen LogP contribution is -1.84. The highest BCUT2D eigenvalue weighted by Gasteiger charge is 2.22. The average Bonchev–Trinajstić information content (AvgIpc) is 3.63. The minimum atomic E-state index is 0.784. The Kier molecular flexibility index (Phi) is 4.93. The van der Waals surface area contributed by atoms with Gasteiger partial charge in [0.2, 0.25) is 0 Å². The van der Waals surface area contributed by atoms with Crippen molar-refractivity contribution in [2.24, 2.45) is 0 Å². The van der Waals surface area contributed by atoms with E-state index in [1.165, 1.54) is 27.5 Å². The summed E-state index contributed by atoms with van der Waals surface area (Å²) in [7, 11) is 0. The zero-order chi connectivity index (χ0) is 27.6. The molecule has 7 aromatic carbocycles. The molecule has 0 aliphatic carbocycles. The summed E-state index contributed by atoms with van der Waals surface area (Å²) in [6.45, 7) is 0. The number of hydrogen-bond donors (Lipinski definition) is 0. The first kappa shape index (κ1) is 23.1.